The summed E-state index contributed by atoms with van der Waals surface area (Å²) in [6, 6.07) is 9.86. The van der Waals surface area contributed by atoms with Crippen LogP contribution in [-0.4, -0.2) is 42.9 Å². The minimum absolute atomic E-state index is 0.00281. The van der Waals surface area contributed by atoms with Crippen LogP contribution in [0.4, 0.5) is 0 Å². The van der Waals surface area contributed by atoms with E-state index in [1.807, 2.05) is 30.3 Å². The molecule has 0 spiro atoms. The van der Waals surface area contributed by atoms with Gasteiger partial charge in [0, 0.05) is 33.0 Å². The number of nitrogens with zero attached hydrogens (tertiary/aromatic N) is 1. The molecule has 1 heterocycles. The van der Waals surface area contributed by atoms with Crippen LogP contribution in [0.25, 0.3) is 0 Å². The molecule has 2 N–H and O–H groups in total. The highest BCUT2D eigenvalue weighted by Gasteiger charge is 2.27. The average Bonchev–Trinajstić information content (AvgIpc) is 2.58. The predicted octanol–water partition coefficient (Wildman–Crippen LogP) is 1.93. The van der Waals surface area contributed by atoms with Crippen molar-refractivity contribution in [3.63, 3.8) is 0 Å². The van der Waals surface area contributed by atoms with Gasteiger partial charge in [-0.3, -0.25) is 9.59 Å². The SMILES string of the molecule is CC(=O)N(CCC(=O)NCC1(C)CCNCC1)Cc1ccccc1. The molecule has 1 aromatic carbocycles. The number of rotatable bonds is 7. The average molecular weight is 331 g/mol. The number of carbonyl (C=O) groups excluding carboxylic acids is 2. The highest BCUT2D eigenvalue weighted by Crippen LogP contribution is 2.26. The van der Waals surface area contributed by atoms with Crippen LogP contribution in [0.15, 0.2) is 30.3 Å². The van der Waals surface area contributed by atoms with E-state index < -0.39 is 0 Å². The smallest absolute Gasteiger partial charge is 0.221 e. The summed E-state index contributed by atoms with van der Waals surface area (Å²) < 4.78 is 0. The summed E-state index contributed by atoms with van der Waals surface area (Å²) in [5.41, 5.74) is 1.26. The molecular weight excluding hydrogens is 302 g/mol. The van der Waals surface area contributed by atoms with Crippen molar-refractivity contribution in [3.05, 3.63) is 35.9 Å². The molecule has 0 saturated carbocycles. The van der Waals surface area contributed by atoms with Crippen LogP contribution >= 0.6 is 0 Å². The van der Waals surface area contributed by atoms with E-state index >= 15 is 0 Å². The number of amides is 2. The van der Waals surface area contributed by atoms with Crippen molar-refractivity contribution in [2.24, 2.45) is 5.41 Å². The van der Waals surface area contributed by atoms with Gasteiger partial charge in [-0.05, 0) is 36.9 Å². The Morgan fingerprint density at radius 2 is 1.88 bits per heavy atom. The van der Waals surface area contributed by atoms with Crippen molar-refractivity contribution in [1.82, 2.24) is 15.5 Å². The molecule has 0 atom stereocenters. The molecule has 0 unspecified atom stereocenters. The maximum atomic E-state index is 12.1. The van der Waals surface area contributed by atoms with Gasteiger partial charge >= 0.3 is 0 Å². The van der Waals surface area contributed by atoms with E-state index in [-0.39, 0.29) is 17.2 Å². The number of nitrogens with one attached hydrogen (secondary N) is 2. The van der Waals surface area contributed by atoms with Gasteiger partial charge in [0.05, 0.1) is 0 Å². The van der Waals surface area contributed by atoms with Crippen molar-refractivity contribution in [2.45, 2.75) is 39.7 Å². The maximum Gasteiger partial charge on any atom is 0.221 e. The molecule has 0 aliphatic carbocycles. The van der Waals surface area contributed by atoms with Crippen molar-refractivity contribution in [3.8, 4) is 0 Å². The summed E-state index contributed by atoms with van der Waals surface area (Å²) >= 11 is 0. The fourth-order valence-electron chi connectivity index (χ4n) is 3.00. The Balaban J connectivity index is 1.76. The number of hydrogen-bond acceptors (Lipinski definition) is 3. The molecule has 0 radical (unpaired) electrons. The van der Waals surface area contributed by atoms with Crippen LogP contribution in [-0.2, 0) is 16.1 Å². The zero-order valence-corrected chi connectivity index (χ0v) is 14.8. The number of hydrogen-bond donors (Lipinski definition) is 2. The summed E-state index contributed by atoms with van der Waals surface area (Å²) in [7, 11) is 0. The minimum Gasteiger partial charge on any atom is -0.355 e. The first-order chi connectivity index (χ1) is 11.5. The van der Waals surface area contributed by atoms with Gasteiger partial charge in [0.1, 0.15) is 0 Å². The van der Waals surface area contributed by atoms with Crippen LogP contribution in [0, 0.1) is 5.41 Å². The molecule has 5 heteroatoms. The van der Waals surface area contributed by atoms with Crippen LogP contribution in [0.1, 0.15) is 38.7 Å². The lowest BCUT2D eigenvalue weighted by atomic mass is 9.81. The standard InChI is InChI=1S/C19H29N3O2/c1-16(23)22(14-17-6-4-3-5-7-17)13-8-18(24)21-15-19(2)9-11-20-12-10-19/h3-7,20H,8-15H2,1-2H3,(H,21,24). The second-order valence-corrected chi connectivity index (χ2v) is 7.01. The lowest BCUT2D eigenvalue weighted by Crippen LogP contribution is -2.43. The van der Waals surface area contributed by atoms with Gasteiger partial charge in [-0.1, -0.05) is 37.3 Å². The molecule has 1 aliphatic heterocycles. The van der Waals surface area contributed by atoms with E-state index in [1.165, 1.54) is 0 Å². The molecule has 0 bridgehead atoms. The number of piperidine rings is 1. The first kappa shape index (κ1) is 18.5. The van der Waals surface area contributed by atoms with Crippen LogP contribution < -0.4 is 10.6 Å². The Hall–Kier alpha value is -1.88. The van der Waals surface area contributed by atoms with E-state index in [0.29, 0.717) is 26.1 Å². The van der Waals surface area contributed by atoms with E-state index in [4.69, 9.17) is 0 Å². The normalized spacial score (nSPS) is 16.4. The summed E-state index contributed by atoms with van der Waals surface area (Å²) in [4.78, 5) is 25.7. The number of benzene rings is 1. The van der Waals surface area contributed by atoms with E-state index in [9.17, 15) is 9.59 Å². The van der Waals surface area contributed by atoms with Gasteiger partial charge in [-0.25, -0.2) is 0 Å². The summed E-state index contributed by atoms with van der Waals surface area (Å²) in [5.74, 6) is 0.0195. The quantitative estimate of drug-likeness (QED) is 0.802. The van der Waals surface area contributed by atoms with Crippen molar-refractivity contribution in [1.29, 1.82) is 0 Å². The Kier molecular flexibility index (Phi) is 6.79. The second kappa shape index (κ2) is 8.83. The molecular formula is C19H29N3O2. The highest BCUT2D eigenvalue weighted by molar-refractivity contribution is 5.78. The maximum absolute atomic E-state index is 12.1. The van der Waals surface area contributed by atoms with Gasteiger partial charge in [0.2, 0.25) is 11.8 Å². The largest absolute Gasteiger partial charge is 0.355 e. The zero-order valence-electron chi connectivity index (χ0n) is 14.8. The lowest BCUT2D eigenvalue weighted by molar-refractivity contribution is -0.130. The van der Waals surface area contributed by atoms with Crippen molar-refractivity contribution >= 4 is 11.8 Å². The molecule has 24 heavy (non-hydrogen) atoms. The Morgan fingerprint density at radius 1 is 1.21 bits per heavy atom. The van der Waals surface area contributed by atoms with Crippen LogP contribution in [0.3, 0.4) is 0 Å². The molecule has 2 amide bonds. The third kappa shape index (κ3) is 5.96. The van der Waals surface area contributed by atoms with Gasteiger partial charge < -0.3 is 15.5 Å². The van der Waals surface area contributed by atoms with Crippen LogP contribution in [0.2, 0.25) is 0 Å². The summed E-state index contributed by atoms with van der Waals surface area (Å²) in [6.45, 7) is 7.53. The Labute approximate surface area is 144 Å². The van der Waals surface area contributed by atoms with E-state index in [0.717, 1.165) is 31.5 Å². The first-order valence-corrected chi connectivity index (χ1v) is 8.75. The van der Waals surface area contributed by atoms with E-state index in [2.05, 4.69) is 17.6 Å². The first-order valence-electron chi connectivity index (χ1n) is 8.75. The molecule has 5 nitrogen and oxygen atoms in total. The van der Waals surface area contributed by atoms with Crippen LogP contribution in [0.5, 0.6) is 0 Å². The summed E-state index contributed by atoms with van der Waals surface area (Å²) in [5, 5.41) is 6.39. The van der Waals surface area contributed by atoms with E-state index in [1.54, 1.807) is 11.8 Å². The molecule has 1 aromatic rings. The van der Waals surface area contributed by atoms with Crippen molar-refractivity contribution < 1.29 is 9.59 Å². The second-order valence-electron chi connectivity index (χ2n) is 7.01. The highest BCUT2D eigenvalue weighted by atomic mass is 16.2. The predicted molar refractivity (Wildman–Crippen MR) is 95.4 cm³/mol. The molecule has 132 valence electrons. The molecule has 1 aliphatic rings. The van der Waals surface area contributed by atoms with Gasteiger partial charge in [0.15, 0.2) is 0 Å². The third-order valence-corrected chi connectivity index (χ3v) is 4.79. The molecule has 1 fully saturated rings. The lowest BCUT2D eigenvalue weighted by Gasteiger charge is -2.34. The monoisotopic (exact) mass is 331 g/mol. The fourth-order valence-corrected chi connectivity index (χ4v) is 3.00. The Bertz CT molecular complexity index is 539. The minimum atomic E-state index is -0.00281. The molecule has 1 saturated heterocycles. The van der Waals surface area contributed by atoms with Gasteiger partial charge in [-0.15, -0.1) is 0 Å². The number of carbonyl (C=O) groups is 2. The van der Waals surface area contributed by atoms with Crippen molar-refractivity contribution in [2.75, 3.05) is 26.2 Å². The van der Waals surface area contributed by atoms with Gasteiger partial charge in [0.25, 0.3) is 0 Å². The zero-order chi connectivity index (χ0) is 17.4. The summed E-state index contributed by atoms with van der Waals surface area (Å²) in [6.07, 6.45) is 2.52. The van der Waals surface area contributed by atoms with Gasteiger partial charge in [-0.2, -0.15) is 0 Å². The topological polar surface area (TPSA) is 61.4 Å². The molecule has 2 rings (SSSR count). The Morgan fingerprint density at radius 3 is 2.50 bits per heavy atom. The molecule has 0 aromatic heterocycles. The third-order valence-electron chi connectivity index (χ3n) is 4.79. The fraction of sp³-hybridized carbons (Fsp3) is 0.579.